The van der Waals surface area contributed by atoms with E-state index in [9.17, 15) is 0 Å². The Bertz CT molecular complexity index is 939. The molecule has 1 aliphatic heterocycles. The zero-order valence-electron chi connectivity index (χ0n) is 17.3. The molecule has 0 saturated carbocycles. The Morgan fingerprint density at radius 1 is 0.885 bits per heavy atom. The first-order valence-corrected chi connectivity index (χ1v) is 9.35. The molecule has 1 aromatic heterocycles. The zero-order valence-corrected chi connectivity index (χ0v) is 17.3. The summed E-state index contributed by atoms with van der Waals surface area (Å²) in [5, 5.41) is 0. The highest BCUT2D eigenvalue weighted by Crippen LogP contribution is 2.37. The van der Waals surface area contributed by atoms with Crippen LogP contribution < -0.4 is 0 Å². The van der Waals surface area contributed by atoms with E-state index >= 15 is 0 Å². The van der Waals surface area contributed by atoms with Crippen LogP contribution in [0.4, 0.5) is 0 Å². The molecular weight excluding hydrogens is 316 g/mol. The summed E-state index contributed by atoms with van der Waals surface area (Å²) in [6, 6.07) is 11.2. The Labute approximate surface area is 157 Å². The number of aromatic amines is 1. The minimum Gasteiger partial charge on any atom is -0.358 e. The Morgan fingerprint density at radius 2 is 1.50 bits per heavy atom. The number of benzene rings is 1. The third-order valence-electron chi connectivity index (χ3n) is 5.42. The van der Waals surface area contributed by atoms with Crippen molar-refractivity contribution in [2.75, 3.05) is 0 Å². The molecule has 2 nitrogen and oxygen atoms in total. The lowest BCUT2D eigenvalue weighted by Crippen LogP contribution is -2.10. The van der Waals surface area contributed by atoms with E-state index in [0.29, 0.717) is 0 Å². The van der Waals surface area contributed by atoms with Gasteiger partial charge < -0.3 is 4.98 Å². The predicted octanol–water partition coefficient (Wildman–Crippen LogP) is 6.50. The van der Waals surface area contributed by atoms with Crippen molar-refractivity contribution in [2.45, 2.75) is 60.8 Å². The molecule has 1 aromatic carbocycles. The van der Waals surface area contributed by atoms with Gasteiger partial charge in [-0.15, -0.1) is 0 Å². The molecule has 1 aliphatic rings. The van der Waals surface area contributed by atoms with E-state index in [4.69, 9.17) is 4.99 Å². The van der Waals surface area contributed by atoms with Gasteiger partial charge in [0.15, 0.2) is 0 Å². The normalized spacial score (nSPS) is 17.0. The van der Waals surface area contributed by atoms with Crippen molar-refractivity contribution in [3.8, 4) is 0 Å². The van der Waals surface area contributed by atoms with Gasteiger partial charge in [0, 0.05) is 17.0 Å². The van der Waals surface area contributed by atoms with E-state index in [1.54, 1.807) is 0 Å². The molecule has 0 atom stereocenters. The number of allylic oxidation sites excluding steroid dienone is 2. The number of H-pyrrole nitrogens is 1. The number of rotatable bonds is 2. The lowest BCUT2D eigenvalue weighted by molar-refractivity contribution is 0.590. The average Bonchev–Trinajstić information content (AvgIpc) is 3.02. The molecule has 26 heavy (non-hydrogen) atoms. The summed E-state index contributed by atoms with van der Waals surface area (Å²) >= 11 is 0. The van der Waals surface area contributed by atoms with Gasteiger partial charge in [-0.3, -0.25) is 4.99 Å². The quantitative estimate of drug-likeness (QED) is 0.643. The van der Waals surface area contributed by atoms with Gasteiger partial charge in [0.25, 0.3) is 0 Å². The fraction of sp³-hybridized carbons (Fsp3) is 0.375. The molecule has 3 rings (SSSR count). The summed E-state index contributed by atoms with van der Waals surface area (Å²) in [5.74, 6) is 0. The van der Waals surface area contributed by atoms with Crippen LogP contribution in [0.25, 0.3) is 5.57 Å². The van der Waals surface area contributed by atoms with Gasteiger partial charge in [-0.1, -0.05) is 45.0 Å². The maximum Gasteiger partial charge on any atom is 0.0764 e. The number of hydrogen-bond donors (Lipinski definition) is 1. The Balaban J connectivity index is 2.26. The number of aliphatic imine (C=N–C) groups is 1. The molecule has 0 saturated heterocycles. The maximum atomic E-state index is 4.93. The van der Waals surface area contributed by atoms with Gasteiger partial charge in [0.05, 0.1) is 11.4 Å². The van der Waals surface area contributed by atoms with Crippen molar-refractivity contribution in [2.24, 2.45) is 4.99 Å². The van der Waals surface area contributed by atoms with Crippen molar-refractivity contribution < 1.29 is 0 Å². The second-order valence-corrected chi connectivity index (χ2v) is 8.51. The van der Waals surface area contributed by atoms with Crippen LogP contribution in [-0.4, -0.2) is 10.7 Å². The molecule has 0 amide bonds. The van der Waals surface area contributed by atoms with Gasteiger partial charge in [0.2, 0.25) is 0 Å². The van der Waals surface area contributed by atoms with Crippen LogP contribution in [0.2, 0.25) is 0 Å². The summed E-state index contributed by atoms with van der Waals surface area (Å²) in [6.07, 6.45) is 0. The molecule has 0 unspecified atom stereocenters. The van der Waals surface area contributed by atoms with Crippen LogP contribution in [0, 0.1) is 13.8 Å². The summed E-state index contributed by atoms with van der Waals surface area (Å²) in [5.41, 5.74) is 12.3. The van der Waals surface area contributed by atoms with Crippen molar-refractivity contribution in [1.82, 2.24) is 4.98 Å². The predicted molar refractivity (Wildman–Crippen MR) is 113 cm³/mol. The van der Waals surface area contributed by atoms with Crippen molar-refractivity contribution >= 4 is 11.3 Å². The van der Waals surface area contributed by atoms with Gasteiger partial charge >= 0.3 is 0 Å². The van der Waals surface area contributed by atoms with Crippen LogP contribution >= 0.6 is 0 Å². The van der Waals surface area contributed by atoms with Gasteiger partial charge in [-0.25, -0.2) is 0 Å². The standard InChI is InChI=1S/C24H30N2/c1-14-13-15(2)25-22(14)21(23-17(4)16(3)18(5)26-23)19-9-11-20(12-10-19)24(6,7)8/h9-13,25H,1-8H3. The minimum absolute atomic E-state index is 0.152. The van der Waals surface area contributed by atoms with Gasteiger partial charge in [-0.2, -0.15) is 0 Å². The molecular formula is C24H30N2. The largest absolute Gasteiger partial charge is 0.358 e. The van der Waals surface area contributed by atoms with Crippen LogP contribution in [-0.2, 0) is 5.41 Å². The maximum absolute atomic E-state index is 4.93. The van der Waals surface area contributed by atoms with E-state index in [0.717, 1.165) is 11.4 Å². The first-order valence-electron chi connectivity index (χ1n) is 9.35. The summed E-state index contributed by atoms with van der Waals surface area (Å²) < 4.78 is 0. The number of hydrogen-bond acceptors (Lipinski definition) is 1. The number of nitrogens with one attached hydrogen (secondary N) is 1. The molecule has 136 valence electrons. The van der Waals surface area contributed by atoms with E-state index in [-0.39, 0.29) is 5.41 Å². The third kappa shape index (κ3) is 3.21. The first-order chi connectivity index (χ1) is 12.1. The van der Waals surface area contributed by atoms with Crippen LogP contribution in [0.15, 0.2) is 52.2 Å². The molecule has 0 spiro atoms. The van der Waals surface area contributed by atoms with Gasteiger partial charge in [-0.05, 0) is 73.9 Å². The number of aromatic nitrogens is 1. The zero-order chi connectivity index (χ0) is 19.2. The molecule has 2 heteroatoms. The first kappa shape index (κ1) is 18.4. The second kappa shape index (κ2) is 6.42. The Morgan fingerprint density at radius 3 is 1.92 bits per heavy atom. The smallest absolute Gasteiger partial charge is 0.0764 e. The van der Waals surface area contributed by atoms with E-state index in [2.05, 4.69) is 90.7 Å². The summed E-state index contributed by atoms with van der Waals surface area (Å²) in [6.45, 7) is 17.5. The molecule has 0 radical (unpaired) electrons. The lowest BCUT2D eigenvalue weighted by atomic mass is 9.85. The van der Waals surface area contributed by atoms with Crippen LogP contribution in [0.1, 0.15) is 69.6 Å². The molecule has 2 aromatic rings. The number of aryl methyl sites for hydroxylation is 2. The fourth-order valence-electron chi connectivity index (χ4n) is 3.55. The molecule has 0 bridgehead atoms. The highest BCUT2D eigenvalue weighted by Gasteiger charge is 2.23. The summed E-state index contributed by atoms with van der Waals surface area (Å²) in [7, 11) is 0. The molecule has 2 heterocycles. The van der Waals surface area contributed by atoms with Gasteiger partial charge in [0.1, 0.15) is 0 Å². The average molecular weight is 347 g/mol. The fourth-order valence-corrected chi connectivity index (χ4v) is 3.55. The van der Waals surface area contributed by atoms with Crippen molar-refractivity contribution in [1.29, 1.82) is 0 Å². The second-order valence-electron chi connectivity index (χ2n) is 8.51. The summed E-state index contributed by atoms with van der Waals surface area (Å²) in [4.78, 5) is 8.49. The Hall–Kier alpha value is -2.35. The monoisotopic (exact) mass is 346 g/mol. The molecule has 0 aliphatic carbocycles. The van der Waals surface area contributed by atoms with Crippen LogP contribution in [0.3, 0.4) is 0 Å². The SMILES string of the molecule is CC1=NC(=C(c2ccc(C(C)(C)C)cc2)c2[nH]c(C)cc2C)C(C)=C1C. The van der Waals surface area contributed by atoms with Crippen molar-refractivity contribution in [3.05, 3.63) is 75.3 Å². The van der Waals surface area contributed by atoms with E-state index in [1.165, 1.54) is 44.8 Å². The molecule has 0 fully saturated rings. The topological polar surface area (TPSA) is 28.1 Å². The number of nitrogens with zero attached hydrogens (tertiary/aromatic N) is 1. The highest BCUT2D eigenvalue weighted by molar-refractivity contribution is 6.05. The minimum atomic E-state index is 0.152. The molecule has 1 N–H and O–H groups in total. The van der Waals surface area contributed by atoms with Crippen LogP contribution in [0.5, 0.6) is 0 Å². The van der Waals surface area contributed by atoms with Crippen molar-refractivity contribution in [3.63, 3.8) is 0 Å². The van der Waals surface area contributed by atoms with E-state index in [1.807, 2.05) is 0 Å². The lowest BCUT2D eigenvalue weighted by Gasteiger charge is -2.20. The van der Waals surface area contributed by atoms with E-state index < -0.39 is 0 Å². The Kier molecular flexibility index (Phi) is 4.56. The third-order valence-corrected chi connectivity index (χ3v) is 5.42. The highest BCUT2D eigenvalue weighted by atomic mass is 14.8.